The lowest BCUT2D eigenvalue weighted by molar-refractivity contribution is 0.146. The van der Waals surface area contributed by atoms with Gasteiger partial charge < -0.3 is 18.6 Å². The Kier molecular flexibility index (Phi) is 5.48. The lowest BCUT2D eigenvalue weighted by Crippen LogP contribution is -2.18. The van der Waals surface area contributed by atoms with Crippen LogP contribution in [0.25, 0.3) is 22.0 Å². The highest BCUT2D eigenvalue weighted by Gasteiger charge is 2.10. The Morgan fingerprint density at radius 1 is 1.03 bits per heavy atom. The van der Waals surface area contributed by atoms with Crippen LogP contribution in [0.4, 0.5) is 0 Å². The van der Waals surface area contributed by atoms with E-state index in [-0.39, 0.29) is 5.76 Å². The van der Waals surface area contributed by atoms with Crippen molar-refractivity contribution in [3.05, 3.63) is 64.8 Å². The second-order valence-corrected chi connectivity index (χ2v) is 6.67. The molecule has 2 aromatic heterocycles. The van der Waals surface area contributed by atoms with Crippen molar-refractivity contribution in [1.82, 2.24) is 9.55 Å². The number of aryl methyl sites for hydroxylation is 1. The van der Waals surface area contributed by atoms with Gasteiger partial charge in [-0.1, -0.05) is 6.07 Å². The first-order chi connectivity index (χ1) is 14.2. The summed E-state index contributed by atoms with van der Waals surface area (Å²) in [6.07, 6.45) is 1.69. The molecular weight excluding hydrogens is 372 g/mol. The maximum absolute atomic E-state index is 12.2. The molecule has 150 valence electrons. The summed E-state index contributed by atoms with van der Waals surface area (Å²) >= 11 is 0. The highest BCUT2D eigenvalue weighted by molar-refractivity contribution is 5.86. The van der Waals surface area contributed by atoms with E-state index in [2.05, 4.69) is 4.98 Å². The summed E-state index contributed by atoms with van der Waals surface area (Å²) in [5, 5.41) is 0.881. The molecule has 0 atom stereocenters. The summed E-state index contributed by atoms with van der Waals surface area (Å²) in [5.41, 5.74) is 3.18. The summed E-state index contributed by atoms with van der Waals surface area (Å²) in [7, 11) is 1.64. The van der Waals surface area contributed by atoms with Crippen molar-refractivity contribution in [3.8, 4) is 11.5 Å². The number of nitrogens with zero attached hydrogens (tertiary/aromatic N) is 2. The van der Waals surface area contributed by atoms with Crippen molar-refractivity contribution >= 4 is 22.0 Å². The Bertz CT molecular complexity index is 1190. The average molecular weight is 394 g/mol. The first-order valence-electron chi connectivity index (χ1n) is 9.39. The molecule has 0 aliphatic carbocycles. The molecule has 7 heteroatoms. The largest absolute Gasteiger partial charge is 0.491 e. The van der Waals surface area contributed by atoms with E-state index < -0.39 is 0 Å². The number of rotatable bonds is 8. The third-order valence-electron chi connectivity index (χ3n) is 4.63. The molecular formula is C22H22N2O5. The van der Waals surface area contributed by atoms with Gasteiger partial charge in [-0.2, -0.15) is 0 Å². The van der Waals surface area contributed by atoms with Crippen molar-refractivity contribution in [1.29, 1.82) is 0 Å². The van der Waals surface area contributed by atoms with E-state index in [1.54, 1.807) is 17.9 Å². The molecule has 0 spiro atoms. The minimum atomic E-state index is -0.383. The lowest BCUT2D eigenvalue weighted by Gasteiger charge is -2.11. The number of ether oxygens (including phenoxy) is 3. The monoisotopic (exact) mass is 394 g/mol. The van der Waals surface area contributed by atoms with Crippen molar-refractivity contribution in [2.45, 2.75) is 13.5 Å². The highest BCUT2D eigenvalue weighted by atomic mass is 16.5. The van der Waals surface area contributed by atoms with Gasteiger partial charge in [0.15, 0.2) is 5.58 Å². The zero-order valence-electron chi connectivity index (χ0n) is 16.4. The second-order valence-electron chi connectivity index (χ2n) is 6.67. The van der Waals surface area contributed by atoms with Gasteiger partial charge in [-0.25, -0.2) is 4.79 Å². The lowest BCUT2D eigenvalue weighted by atomic mass is 10.2. The van der Waals surface area contributed by atoms with Gasteiger partial charge in [-0.15, -0.1) is 0 Å². The number of hydrogen-bond donors (Lipinski definition) is 0. The molecule has 0 fully saturated rings. The van der Waals surface area contributed by atoms with Crippen LogP contribution in [-0.2, 0) is 11.3 Å². The number of pyridine rings is 1. The van der Waals surface area contributed by atoms with E-state index in [0.29, 0.717) is 37.7 Å². The smallest absolute Gasteiger partial charge is 0.420 e. The van der Waals surface area contributed by atoms with E-state index >= 15 is 0 Å². The Hall–Kier alpha value is -3.32. The number of benzene rings is 2. The Balaban J connectivity index is 1.49. The molecule has 0 radical (unpaired) electrons. The van der Waals surface area contributed by atoms with Crippen LogP contribution in [0, 0.1) is 6.92 Å². The number of hydrogen-bond acceptors (Lipinski definition) is 6. The Morgan fingerprint density at radius 3 is 2.79 bits per heavy atom. The highest BCUT2D eigenvalue weighted by Crippen LogP contribution is 2.27. The van der Waals surface area contributed by atoms with Gasteiger partial charge in [0.05, 0.1) is 24.2 Å². The van der Waals surface area contributed by atoms with Crippen LogP contribution in [0.1, 0.15) is 5.56 Å². The van der Waals surface area contributed by atoms with Crippen molar-refractivity contribution in [2.24, 2.45) is 0 Å². The first-order valence-corrected chi connectivity index (χ1v) is 9.39. The molecule has 0 amide bonds. The molecule has 4 aromatic rings. The van der Waals surface area contributed by atoms with E-state index in [1.165, 1.54) is 0 Å². The predicted octanol–water partition coefficient (Wildman–Crippen LogP) is 3.56. The van der Waals surface area contributed by atoms with Crippen LogP contribution in [0.2, 0.25) is 0 Å². The van der Waals surface area contributed by atoms with Crippen LogP contribution in [0.3, 0.4) is 0 Å². The molecule has 2 aromatic carbocycles. The molecule has 0 saturated heterocycles. The van der Waals surface area contributed by atoms with Crippen LogP contribution in [0.5, 0.6) is 11.5 Å². The fourth-order valence-corrected chi connectivity index (χ4v) is 3.19. The predicted molar refractivity (Wildman–Crippen MR) is 110 cm³/mol. The molecule has 0 aliphatic heterocycles. The van der Waals surface area contributed by atoms with Crippen LogP contribution in [0.15, 0.2) is 57.9 Å². The second kappa shape index (κ2) is 8.36. The van der Waals surface area contributed by atoms with E-state index in [1.807, 2.05) is 49.4 Å². The number of aromatic nitrogens is 2. The van der Waals surface area contributed by atoms with Crippen molar-refractivity contribution in [2.75, 3.05) is 26.9 Å². The fourth-order valence-electron chi connectivity index (χ4n) is 3.19. The van der Waals surface area contributed by atoms with Crippen LogP contribution < -0.4 is 15.2 Å². The fraction of sp³-hybridized carbons (Fsp3) is 0.273. The summed E-state index contributed by atoms with van der Waals surface area (Å²) in [6, 6.07) is 13.2. The maximum atomic E-state index is 12.2. The van der Waals surface area contributed by atoms with Gasteiger partial charge in [0, 0.05) is 24.8 Å². The Labute approximate surface area is 167 Å². The summed E-state index contributed by atoms with van der Waals surface area (Å²) < 4.78 is 23.5. The van der Waals surface area contributed by atoms with Gasteiger partial charge >= 0.3 is 5.76 Å². The third kappa shape index (κ3) is 4.09. The van der Waals surface area contributed by atoms with Crippen molar-refractivity contribution in [3.63, 3.8) is 0 Å². The van der Waals surface area contributed by atoms with E-state index in [0.717, 1.165) is 27.7 Å². The van der Waals surface area contributed by atoms with Crippen molar-refractivity contribution < 1.29 is 18.6 Å². The summed E-state index contributed by atoms with van der Waals surface area (Å²) in [4.78, 5) is 16.5. The summed E-state index contributed by atoms with van der Waals surface area (Å²) in [6.45, 7) is 3.67. The first kappa shape index (κ1) is 19.0. The van der Waals surface area contributed by atoms with Gasteiger partial charge in [0.1, 0.15) is 24.7 Å². The number of methoxy groups -OCH3 is 1. The molecule has 0 unspecified atom stereocenters. The van der Waals surface area contributed by atoms with Crippen LogP contribution in [-0.4, -0.2) is 36.5 Å². The quantitative estimate of drug-likeness (QED) is 0.426. The zero-order valence-corrected chi connectivity index (χ0v) is 16.4. The Morgan fingerprint density at radius 2 is 1.93 bits per heavy atom. The van der Waals surface area contributed by atoms with Crippen LogP contribution >= 0.6 is 0 Å². The average Bonchev–Trinajstić information content (AvgIpc) is 3.02. The molecule has 0 aliphatic rings. The third-order valence-corrected chi connectivity index (χ3v) is 4.63. The minimum Gasteiger partial charge on any atom is -0.491 e. The molecule has 4 rings (SSSR count). The zero-order chi connectivity index (χ0) is 20.2. The van der Waals surface area contributed by atoms with Gasteiger partial charge in [-0.3, -0.25) is 9.55 Å². The van der Waals surface area contributed by atoms with Gasteiger partial charge in [0.25, 0.3) is 0 Å². The topological polar surface area (TPSA) is 75.7 Å². The van der Waals surface area contributed by atoms with E-state index in [4.69, 9.17) is 18.6 Å². The van der Waals surface area contributed by atoms with Gasteiger partial charge in [0.2, 0.25) is 0 Å². The van der Waals surface area contributed by atoms with E-state index in [9.17, 15) is 4.79 Å². The SMILES string of the molecule is COCCOc1ccc2c(OCCn3c(=O)oc4cc(C)ccc43)ccnc2c1. The van der Waals surface area contributed by atoms with Gasteiger partial charge in [-0.05, 0) is 42.8 Å². The number of fused-ring (bicyclic) bond motifs is 2. The number of oxazole rings is 1. The molecule has 0 saturated carbocycles. The minimum absolute atomic E-state index is 0.327. The standard InChI is InChI=1S/C22H22N2O5/c1-15-3-6-19-21(13-15)29-22(25)24(19)9-10-28-20-7-8-23-18-14-16(4-5-17(18)20)27-12-11-26-2/h3-8,13-14H,9-12H2,1-2H3. The maximum Gasteiger partial charge on any atom is 0.420 e. The molecule has 2 heterocycles. The summed E-state index contributed by atoms with van der Waals surface area (Å²) in [5.74, 6) is 1.05. The molecule has 29 heavy (non-hydrogen) atoms. The molecule has 0 bridgehead atoms. The normalized spacial score (nSPS) is 11.2. The molecule has 7 nitrogen and oxygen atoms in total. The molecule has 0 N–H and O–H groups in total.